The number of methoxy groups -OCH3 is 1. The first kappa shape index (κ1) is 19.9. The van der Waals surface area contributed by atoms with Crippen LogP contribution in [0, 0.1) is 23.3 Å². The molecule has 2 rings (SSSR count). The topological polar surface area (TPSA) is 72.5 Å². The summed E-state index contributed by atoms with van der Waals surface area (Å²) >= 11 is 0. The number of ether oxygens (including phenoxy) is 1. The Kier molecular flexibility index (Phi) is 5.98. The first-order valence-corrected chi connectivity index (χ1v) is 8.62. The van der Waals surface area contributed by atoms with Crippen molar-refractivity contribution in [3.8, 4) is 0 Å². The van der Waals surface area contributed by atoms with E-state index in [1.807, 2.05) is 4.72 Å². The van der Waals surface area contributed by atoms with Crippen LogP contribution in [-0.2, 0) is 19.6 Å². The van der Waals surface area contributed by atoms with E-state index in [2.05, 4.69) is 4.74 Å². The fourth-order valence-electron chi connectivity index (χ4n) is 2.14. The average Bonchev–Trinajstić information content (AvgIpc) is 2.59. The Labute approximate surface area is 146 Å². The molecule has 5 nitrogen and oxygen atoms in total. The summed E-state index contributed by atoms with van der Waals surface area (Å²) < 4.78 is 84.4. The Balaban J connectivity index is 2.42. The number of hydrogen-bond donors (Lipinski definition) is 1. The van der Waals surface area contributed by atoms with E-state index >= 15 is 0 Å². The minimum atomic E-state index is -4.67. The van der Waals surface area contributed by atoms with Gasteiger partial charge in [-0.15, -0.1) is 0 Å². The van der Waals surface area contributed by atoms with E-state index in [0.29, 0.717) is 12.1 Å². The lowest BCUT2D eigenvalue weighted by atomic mass is 10.1. The van der Waals surface area contributed by atoms with Crippen molar-refractivity contribution >= 4 is 16.0 Å². The van der Waals surface area contributed by atoms with E-state index in [1.54, 1.807) is 0 Å². The van der Waals surface area contributed by atoms with Crippen LogP contribution in [0.5, 0.6) is 0 Å². The van der Waals surface area contributed by atoms with Gasteiger partial charge in [0.25, 0.3) is 0 Å². The second-order valence-electron chi connectivity index (χ2n) is 5.18. The van der Waals surface area contributed by atoms with Crippen LogP contribution >= 0.6 is 0 Å². The molecule has 0 amide bonds. The molecule has 0 aliphatic carbocycles. The summed E-state index contributed by atoms with van der Waals surface area (Å²) in [5, 5.41) is 0. The number of hydrogen-bond acceptors (Lipinski definition) is 4. The molecule has 1 atom stereocenters. The van der Waals surface area contributed by atoms with Crippen molar-refractivity contribution in [3.05, 3.63) is 65.2 Å². The Morgan fingerprint density at radius 2 is 1.65 bits per heavy atom. The van der Waals surface area contributed by atoms with Gasteiger partial charge in [-0.1, -0.05) is 12.1 Å². The molecule has 0 aromatic heterocycles. The smallest absolute Gasteiger partial charge is 0.307 e. The highest BCUT2D eigenvalue weighted by atomic mass is 32.2. The molecule has 140 valence electrons. The highest BCUT2D eigenvalue weighted by Gasteiger charge is 2.28. The zero-order chi connectivity index (χ0) is 19.5. The molecule has 10 heteroatoms. The van der Waals surface area contributed by atoms with Gasteiger partial charge in [-0.2, -0.15) is 0 Å². The van der Waals surface area contributed by atoms with Crippen LogP contribution < -0.4 is 4.72 Å². The Morgan fingerprint density at radius 1 is 1.04 bits per heavy atom. The van der Waals surface area contributed by atoms with Crippen LogP contribution in [0.15, 0.2) is 41.3 Å². The molecule has 2 aromatic rings. The van der Waals surface area contributed by atoms with Crippen LogP contribution in [0.4, 0.5) is 17.6 Å². The fraction of sp³-hybridized carbons (Fsp3) is 0.188. The minimum Gasteiger partial charge on any atom is -0.469 e. The third kappa shape index (κ3) is 4.38. The summed E-state index contributed by atoms with van der Waals surface area (Å²) in [7, 11) is -3.60. The maximum absolute atomic E-state index is 13.8. The molecule has 1 N–H and O–H groups in total. The maximum Gasteiger partial charge on any atom is 0.307 e. The predicted molar refractivity (Wildman–Crippen MR) is 82.4 cm³/mol. The summed E-state index contributed by atoms with van der Waals surface area (Å²) in [6.07, 6.45) is -0.493. The van der Waals surface area contributed by atoms with Crippen molar-refractivity contribution in [2.75, 3.05) is 7.11 Å². The van der Waals surface area contributed by atoms with Gasteiger partial charge in [-0.3, -0.25) is 4.79 Å². The van der Waals surface area contributed by atoms with E-state index in [4.69, 9.17) is 0 Å². The zero-order valence-corrected chi connectivity index (χ0v) is 14.1. The van der Waals surface area contributed by atoms with E-state index in [1.165, 1.54) is 12.1 Å². The SMILES string of the molecule is COC(=O)C[C@H](NS(=O)(=O)c1ccc(F)c(F)c1F)c1ccc(F)cc1. The lowest BCUT2D eigenvalue weighted by Crippen LogP contribution is -2.31. The largest absolute Gasteiger partial charge is 0.469 e. The number of carbonyl (C=O) groups is 1. The van der Waals surface area contributed by atoms with E-state index < -0.39 is 56.6 Å². The summed E-state index contributed by atoms with van der Waals surface area (Å²) in [4.78, 5) is 10.4. The molecule has 0 aliphatic rings. The van der Waals surface area contributed by atoms with Crippen LogP contribution in [0.25, 0.3) is 0 Å². The zero-order valence-electron chi connectivity index (χ0n) is 13.3. The molecule has 0 aliphatic heterocycles. The van der Waals surface area contributed by atoms with Gasteiger partial charge in [-0.25, -0.2) is 30.7 Å². The third-order valence-corrected chi connectivity index (χ3v) is 4.95. The second-order valence-corrected chi connectivity index (χ2v) is 6.86. The van der Waals surface area contributed by atoms with Gasteiger partial charge in [0.15, 0.2) is 17.5 Å². The van der Waals surface area contributed by atoms with Crippen LogP contribution in [0.2, 0.25) is 0 Å². The van der Waals surface area contributed by atoms with Gasteiger partial charge >= 0.3 is 5.97 Å². The molecule has 0 saturated heterocycles. The van der Waals surface area contributed by atoms with Gasteiger partial charge in [0, 0.05) is 0 Å². The average molecular weight is 391 g/mol. The summed E-state index contributed by atoms with van der Waals surface area (Å²) in [6, 6.07) is 4.26. The minimum absolute atomic E-state index is 0.184. The molecular formula is C16H13F4NO4S. The van der Waals surface area contributed by atoms with Gasteiger partial charge in [-0.05, 0) is 29.8 Å². The number of esters is 1. The van der Waals surface area contributed by atoms with Gasteiger partial charge in [0.05, 0.1) is 19.6 Å². The number of sulfonamides is 1. The Bertz CT molecular complexity index is 917. The summed E-state index contributed by atoms with van der Waals surface area (Å²) in [6.45, 7) is 0. The second kappa shape index (κ2) is 7.83. The third-order valence-electron chi connectivity index (χ3n) is 3.46. The lowest BCUT2D eigenvalue weighted by molar-refractivity contribution is -0.141. The Hall–Kier alpha value is -2.46. The number of rotatable bonds is 6. The highest BCUT2D eigenvalue weighted by Crippen LogP contribution is 2.24. The summed E-state index contributed by atoms with van der Waals surface area (Å²) in [5.41, 5.74) is 0.184. The van der Waals surface area contributed by atoms with Crippen molar-refractivity contribution in [2.24, 2.45) is 0 Å². The van der Waals surface area contributed by atoms with Crippen molar-refractivity contribution in [3.63, 3.8) is 0 Å². The molecule has 0 spiro atoms. The first-order chi connectivity index (χ1) is 12.2. The molecular weight excluding hydrogens is 378 g/mol. The molecule has 0 radical (unpaired) electrons. The van der Waals surface area contributed by atoms with E-state index in [9.17, 15) is 30.8 Å². The van der Waals surface area contributed by atoms with Crippen molar-refractivity contribution in [1.82, 2.24) is 4.72 Å². The fourth-order valence-corrected chi connectivity index (χ4v) is 3.43. The standard InChI is InChI=1S/C16H13F4NO4S/c1-25-14(22)8-12(9-2-4-10(17)5-3-9)21-26(23,24)13-7-6-11(18)15(19)16(13)20/h2-7,12,21H,8H2,1H3/t12-/m0/s1. The molecule has 0 fully saturated rings. The quantitative estimate of drug-likeness (QED) is 0.467. The number of carbonyl (C=O) groups excluding carboxylic acids is 1. The molecule has 0 saturated carbocycles. The van der Waals surface area contributed by atoms with Crippen LogP contribution in [-0.4, -0.2) is 21.5 Å². The molecule has 26 heavy (non-hydrogen) atoms. The van der Waals surface area contributed by atoms with E-state index in [-0.39, 0.29) is 5.56 Å². The highest BCUT2D eigenvalue weighted by molar-refractivity contribution is 7.89. The normalized spacial score (nSPS) is 12.7. The Morgan fingerprint density at radius 3 is 2.23 bits per heavy atom. The lowest BCUT2D eigenvalue weighted by Gasteiger charge is -2.18. The van der Waals surface area contributed by atoms with Crippen LogP contribution in [0.1, 0.15) is 18.0 Å². The number of benzene rings is 2. The van der Waals surface area contributed by atoms with Gasteiger partial charge < -0.3 is 4.74 Å². The van der Waals surface area contributed by atoms with Crippen molar-refractivity contribution in [1.29, 1.82) is 0 Å². The predicted octanol–water partition coefficient (Wildman–Crippen LogP) is 2.83. The van der Waals surface area contributed by atoms with Crippen molar-refractivity contribution < 1.29 is 35.5 Å². The monoisotopic (exact) mass is 391 g/mol. The number of halogens is 4. The summed E-state index contributed by atoms with van der Waals surface area (Å²) in [5.74, 6) is -6.79. The van der Waals surface area contributed by atoms with E-state index in [0.717, 1.165) is 19.2 Å². The molecule has 0 bridgehead atoms. The molecule has 2 aromatic carbocycles. The van der Waals surface area contributed by atoms with Crippen molar-refractivity contribution in [2.45, 2.75) is 17.4 Å². The number of nitrogens with one attached hydrogen (secondary N) is 1. The first-order valence-electron chi connectivity index (χ1n) is 7.14. The van der Waals surface area contributed by atoms with Gasteiger partial charge in [0.2, 0.25) is 10.0 Å². The molecule has 0 unspecified atom stereocenters. The van der Waals surface area contributed by atoms with Gasteiger partial charge in [0.1, 0.15) is 10.7 Å². The molecule has 0 heterocycles. The maximum atomic E-state index is 13.8. The van der Waals surface area contributed by atoms with Crippen LogP contribution in [0.3, 0.4) is 0 Å².